The van der Waals surface area contributed by atoms with Gasteiger partial charge in [-0.25, -0.2) is 0 Å². The molecule has 16 heavy (non-hydrogen) atoms. The highest BCUT2D eigenvalue weighted by atomic mass is 16.1. The Kier molecular flexibility index (Phi) is 5.03. The molecule has 0 bridgehead atoms. The molecular weight excluding hydrogens is 198 g/mol. The van der Waals surface area contributed by atoms with E-state index < -0.39 is 0 Å². The van der Waals surface area contributed by atoms with Crippen molar-refractivity contribution in [3.05, 3.63) is 35.4 Å². The van der Waals surface area contributed by atoms with Crippen LogP contribution in [-0.2, 0) is 0 Å². The summed E-state index contributed by atoms with van der Waals surface area (Å²) in [6.07, 6.45) is 2.21. The Hall–Kier alpha value is -1.31. The average Bonchev–Trinajstić information content (AvgIpc) is 2.25. The summed E-state index contributed by atoms with van der Waals surface area (Å²) in [4.78, 5) is 11.7. The third-order valence-corrected chi connectivity index (χ3v) is 2.56. The maximum Gasteiger partial charge on any atom is 0.251 e. The van der Waals surface area contributed by atoms with Crippen molar-refractivity contribution in [2.75, 3.05) is 6.54 Å². The van der Waals surface area contributed by atoms with Gasteiger partial charge in [-0.1, -0.05) is 31.5 Å². The van der Waals surface area contributed by atoms with Crippen LogP contribution in [0.3, 0.4) is 0 Å². The summed E-state index contributed by atoms with van der Waals surface area (Å²) in [5.74, 6) is 0.736. The van der Waals surface area contributed by atoms with Crippen LogP contribution in [0.25, 0.3) is 0 Å². The number of carbonyl (C=O) groups excluding carboxylic acids is 1. The second-order valence-electron chi connectivity index (χ2n) is 4.66. The van der Waals surface area contributed by atoms with Gasteiger partial charge >= 0.3 is 0 Å². The zero-order valence-electron chi connectivity index (χ0n) is 10.4. The fourth-order valence-electron chi connectivity index (χ4n) is 1.52. The Morgan fingerprint density at radius 1 is 1.25 bits per heavy atom. The molecule has 0 fully saturated rings. The largest absolute Gasteiger partial charge is 0.352 e. The minimum absolute atomic E-state index is 0.0313. The van der Waals surface area contributed by atoms with Crippen LogP contribution in [-0.4, -0.2) is 12.5 Å². The number of rotatable bonds is 5. The normalized spacial score (nSPS) is 10.5. The molecule has 0 aliphatic carbocycles. The summed E-state index contributed by atoms with van der Waals surface area (Å²) in [7, 11) is 0. The number of hydrogen-bond donors (Lipinski definition) is 1. The molecule has 1 rings (SSSR count). The molecule has 88 valence electrons. The highest BCUT2D eigenvalue weighted by molar-refractivity contribution is 5.94. The Labute approximate surface area is 98.1 Å². The summed E-state index contributed by atoms with van der Waals surface area (Å²) < 4.78 is 0. The van der Waals surface area contributed by atoms with Gasteiger partial charge in [0.25, 0.3) is 5.91 Å². The van der Waals surface area contributed by atoms with Crippen LogP contribution < -0.4 is 5.32 Å². The first-order chi connectivity index (χ1) is 7.59. The highest BCUT2D eigenvalue weighted by Gasteiger charge is 2.03. The van der Waals surface area contributed by atoms with Crippen LogP contribution in [0.1, 0.15) is 42.6 Å². The summed E-state index contributed by atoms with van der Waals surface area (Å²) in [6, 6.07) is 7.66. The van der Waals surface area contributed by atoms with E-state index in [0.717, 1.165) is 24.9 Å². The quantitative estimate of drug-likeness (QED) is 0.757. The third-order valence-electron chi connectivity index (χ3n) is 2.56. The van der Waals surface area contributed by atoms with Crippen LogP contribution in [0.4, 0.5) is 0 Å². The molecule has 0 aliphatic heterocycles. The van der Waals surface area contributed by atoms with Crippen LogP contribution in [0.15, 0.2) is 24.3 Å². The number of aryl methyl sites for hydroxylation is 1. The zero-order chi connectivity index (χ0) is 12.0. The minimum atomic E-state index is 0.0313. The van der Waals surface area contributed by atoms with Gasteiger partial charge in [0.05, 0.1) is 0 Å². The molecular formula is C14H21NO. The zero-order valence-corrected chi connectivity index (χ0v) is 10.4. The number of carbonyl (C=O) groups is 1. The van der Waals surface area contributed by atoms with Crippen LogP contribution in [0, 0.1) is 12.8 Å². The van der Waals surface area contributed by atoms with Crippen molar-refractivity contribution < 1.29 is 4.79 Å². The lowest BCUT2D eigenvalue weighted by Crippen LogP contribution is -2.24. The van der Waals surface area contributed by atoms with Gasteiger partial charge in [-0.15, -0.1) is 0 Å². The molecule has 0 unspecified atom stereocenters. The van der Waals surface area contributed by atoms with E-state index in [2.05, 4.69) is 19.2 Å². The fraction of sp³-hybridized carbons (Fsp3) is 0.500. The predicted molar refractivity (Wildman–Crippen MR) is 67.6 cm³/mol. The fourth-order valence-corrected chi connectivity index (χ4v) is 1.52. The standard InChI is InChI=1S/C14H21NO/c1-11(2)5-4-10-15-14(16)13-8-6-12(3)7-9-13/h6-9,11H,4-5,10H2,1-3H3,(H,15,16). The van der Waals surface area contributed by atoms with E-state index in [4.69, 9.17) is 0 Å². The van der Waals surface area contributed by atoms with Crippen molar-refractivity contribution in [3.8, 4) is 0 Å². The second-order valence-corrected chi connectivity index (χ2v) is 4.66. The molecule has 0 aromatic heterocycles. The molecule has 0 heterocycles. The molecule has 0 radical (unpaired) electrons. The average molecular weight is 219 g/mol. The van der Waals surface area contributed by atoms with Gasteiger partial charge in [-0.05, 0) is 37.8 Å². The molecule has 2 nitrogen and oxygen atoms in total. The molecule has 1 amide bonds. The molecule has 0 saturated heterocycles. The van der Waals surface area contributed by atoms with Crippen molar-refractivity contribution in [2.24, 2.45) is 5.92 Å². The number of hydrogen-bond acceptors (Lipinski definition) is 1. The maximum atomic E-state index is 11.7. The maximum absolute atomic E-state index is 11.7. The highest BCUT2D eigenvalue weighted by Crippen LogP contribution is 2.04. The van der Waals surface area contributed by atoms with Gasteiger partial charge in [0.1, 0.15) is 0 Å². The molecule has 0 aliphatic rings. The topological polar surface area (TPSA) is 29.1 Å². The lowest BCUT2D eigenvalue weighted by Gasteiger charge is -2.07. The van der Waals surface area contributed by atoms with E-state index in [1.807, 2.05) is 31.2 Å². The summed E-state index contributed by atoms with van der Waals surface area (Å²) in [6.45, 7) is 7.18. The lowest BCUT2D eigenvalue weighted by molar-refractivity contribution is 0.0952. The van der Waals surface area contributed by atoms with Gasteiger partial charge in [0.15, 0.2) is 0 Å². The van der Waals surface area contributed by atoms with Crippen molar-refractivity contribution >= 4 is 5.91 Å². The Bertz CT molecular complexity index is 327. The van der Waals surface area contributed by atoms with E-state index in [9.17, 15) is 4.79 Å². The van der Waals surface area contributed by atoms with Crippen molar-refractivity contribution in [1.82, 2.24) is 5.32 Å². The van der Waals surface area contributed by atoms with Gasteiger partial charge in [-0.3, -0.25) is 4.79 Å². The Balaban J connectivity index is 2.32. The van der Waals surface area contributed by atoms with Crippen LogP contribution in [0.2, 0.25) is 0 Å². The van der Waals surface area contributed by atoms with E-state index in [-0.39, 0.29) is 5.91 Å². The van der Waals surface area contributed by atoms with E-state index >= 15 is 0 Å². The van der Waals surface area contributed by atoms with E-state index in [1.54, 1.807) is 0 Å². The molecule has 1 aromatic rings. The third kappa shape index (κ3) is 4.47. The molecule has 2 heteroatoms. The van der Waals surface area contributed by atoms with E-state index in [1.165, 1.54) is 5.56 Å². The number of benzene rings is 1. The van der Waals surface area contributed by atoms with Crippen LogP contribution >= 0.6 is 0 Å². The SMILES string of the molecule is Cc1ccc(C(=O)NCCCC(C)C)cc1. The summed E-state index contributed by atoms with van der Waals surface area (Å²) in [5, 5.41) is 2.93. The Morgan fingerprint density at radius 3 is 2.44 bits per heavy atom. The second kappa shape index (κ2) is 6.31. The molecule has 1 N–H and O–H groups in total. The minimum Gasteiger partial charge on any atom is -0.352 e. The first kappa shape index (κ1) is 12.8. The van der Waals surface area contributed by atoms with Gasteiger partial charge in [0, 0.05) is 12.1 Å². The molecule has 0 saturated carbocycles. The number of amides is 1. The lowest BCUT2D eigenvalue weighted by atomic mass is 10.1. The molecule has 0 atom stereocenters. The summed E-state index contributed by atoms with van der Waals surface area (Å²) >= 11 is 0. The van der Waals surface area contributed by atoms with Crippen LogP contribution in [0.5, 0.6) is 0 Å². The van der Waals surface area contributed by atoms with Crippen molar-refractivity contribution in [2.45, 2.75) is 33.6 Å². The molecule has 1 aromatic carbocycles. The predicted octanol–water partition coefficient (Wildman–Crippen LogP) is 3.16. The first-order valence-corrected chi connectivity index (χ1v) is 5.94. The Morgan fingerprint density at radius 2 is 1.88 bits per heavy atom. The summed E-state index contributed by atoms with van der Waals surface area (Å²) in [5.41, 5.74) is 1.92. The van der Waals surface area contributed by atoms with Gasteiger partial charge in [0.2, 0.25) is 0 Å². The first-order valence-electron chi connectivity index (χ1n) is 5.94. The van der Waals surface area contributed by atoms with E-state index in [0.29, 0.717) is 5.92 Å². The van der Waals surface area contributed by atoms with Crippen molar-refractivity contribution in [1.29, 1.82) is 0 Å². The van der Waals surface area contributed by atoms with Gasteiger partial charge in [-0.2, -0.15) is 0 Å². The van der Waals surface area contributed by atoms with Crippen molar-refractivity contribution in [3.63, 3.8) is 0 Å². The van der Waals surface area contributed by atoms with Gasteiger partial charge < -0.3 is 5.32 Å². The molecule has 0 spiro atoms. The smallest absolute Gasteiger partial charge is 0.251 e. The monoisotopic (exact) mass is 219 g/mol. The number of nitrogens with one attached hydrogen (secondary N) is 1.